The molecule has 0 aromatic carbocycles. The third kappa shape index (κ3) is 4.25. The molecule has 2 heterocycles. The van der Waals surface area contributed by atoms with Crippen molar-refractivity contribution < 1.29 is 4.79 Å². The van der Waals surface area contributed by atoms with Crippen LogP contribution in [0, 0.1) is 0 Å². The van der Waals surface area contributed by atoms with Crippen LogP contribution in [-0.4, -0.2) is 49.1 Å². The first kappa shape index (κ1) is 13.8. The zero-order valence-electron chi connectivity index (χ0n) is 11.6. The van der Waals surface area contributed by atoms with Gasteiger partial charge in [0.2, 0.25) is 5.91 Å². The molecule has 104 valence electrons. The van der Waals surface area contributed by atoms with Crippen molar-refractivity contribution in [3.8, 4) is 0 Å². The number of amides is 1. The fourth-order valence-electron chi connectivity index (χ4n) is 2.99. The van der Waals surface area contributed by atoms with Gasteiger partial charge in [-0.2, -0.15) is 0 Å². The SMILES string of the molecule is CC(CN1CCCCC1)NC(=O)[C@H]1CCCCN1. The highest BCUT2D eigenvalue weighted by Gasteiger charge is 2.22. The van der Waals surface area contributed by atoms with Gasteiger partial charge in [0.25, 0.3) is 0 Å². The van der Waals surface area contributed by atoms with Gasteiger partial charge in [-0.25, -0.2) is 0 Å². The molecule has 0 bridgehead atoms. The summed E-state index contributed by atoms with van der Waals surface area (Å²) >= 11 is 0. The molecule has 2 fully saturated rings. The molecule has 1 unspecified atom stereocenters. The molecule has 2 saturated heterocycles. The summed E-state index contributed by atoms with van der Waals surface area (Å²) < 4.78 is 0. The molecule has 2 rings (SSSR count). The summed E-state index contributed by atoms with van der Waals surface area (Å²) in [6.07, 6.45) is 7.35. The molecular formula is C14H27N3O. The maximum absolute atomic E-state index is 12.1. The van der Waals surface area contributed by atoms with E-state index in [1.165, 1.54) is 45.2 Å². The van der Waals surface area contributed by atoms with Crippen LogP contribution in [0.15, 0.2) is 0 Å². The van der Waals surface area contributed by atoms with Gasteiger partial charge in [0.05, 0.1) is 6.04 Å². The first-order valence-corrected chi connectivity index (χ1v) is 7.52. The lowest BCUT2D eigenvalue weighted by Gasteiger charge is -2.30. The minimum absolute atomic E-state index is 0.0440. The number of carbonyl (C=O) groups excluding carboxylic acids is 1. The summed E-state index contributed by atoms with van der Waals surface area (Å²) in [5.74, 6) is 0.194. The van der Waals surface area contributed by atoms with Gasteiger partial charge < -0.3 is 15.5 Å². The van der Waals surface area contributed by atoms with E-state index in [0.717, 1.165) is 19.5 Å². The number of nitrogens with one attached hydrogen (secondary N) is 2. The maximum Gasteiger partial charge on any atom is 0.237 e. The second-order valence-corrected chi connectivity index (χ2v) is 5.77. The van der Waals surface area contributed by atoms with E-state index in [1.807, 2.05) is 0 Å². The highest BCUT2D eigenvalue weighted by molar-refractivity contribution is 5.82. The van der Waals surface area contributed by atoms with Gasteiger partial charge in [-0.3, -0.25) is 4.79 Å². The largest absolute Gasteiger partial charge is 0.351 e. The number of carbonyl (C=O) groups is 1. The summed E-state index contributed by atoms with van der Waals surface area (Å²) in [5.41, 5.74) is 0. The minimum atomic E-state index is 0.0440. The Morgan fingerprint density at radius 3 is 2.72 bits per heavy atom. The third-order valence-corrected chi connectivity index (χ3v) is 4.00. The second-order valence-electron chi connectivity index (χ2n) is 5.77. The predicted molar refractivity (Wildman–Crippen MR) is 73.5 cm³/mol. The molecule has 2 N–H and O–H groups in total. The minimum Gasteiger partial charge on any atom is -0.351 e. The maximum atomic E-state index is 12.1. The van der Waals surface area contributed by atoms with E-state index in [0.29, 0.717) is 0 Å². The monoisotopic (exact) mass is 253 g/mol. The first-order valence-electron chi connectivity index (χ1n) is 7.52. The number of hydrogen-bond donors (Lipinski definition) is 2. The van der Waals surface area contributed by atoms with Crippen molar-refractivity contribution in [1.82, 2.24) is 15.5 Å². The molecule has 4 heteroatoms. The van der Waals surface area contributed by atoms with E-state index in [-0.39, 0.29) is 18.0 Å². The normalized spacial score (nSPS) is 27.7. The average Bonchev–Trinajstić information content (AvgIpc) is 2.40. The van der Waals surface area contributed by atoms with E-state index in [1.54, 1.807) is 0 Å². The van der Waals surface area contributed by atoms with Gasteiger partial charge in [0, 0.05) is 12.6 Å². The van der Waals surface area contributed by atoms with Crippen molar-refractivity contribution >= 4 is 5.91 Å². The first-order chi connectivity index (χ1) is 8.75. The van der Waals surface area contributed by atoms with E-state index in [4.69, 9.17) is 0 Å². The van der Waals surface area contributed by atoms with Crippen LogP contribution >= 0.6 is 0 Å². The number of nitrogens with zero attached hydrogens (tertiary/aromatic N) is 1. The molecular weight excluding hydrogens is 226 g/mol. The Kier molecular flexibility index (Phi) is 5.45. The Labute approximate surface area is 110 Å². The van der Waals surface area contributed by atoms with Gasteiger partial charge in [-0.15, -0.1) is 0 Å². The highest BCUT2D eigenvalue weighted by atomic mass is 16.2. The topological polar surface area (TPSA) is 44.4 Å². The lowest BCUT2D eigenvalue weighted by Crippen LogP contribution is -2.51. The number of likely N-dealkylation sites (tertiary alicyclic amines) is 1. The van der Waals surface area contributed by atoms with E-state index >= 15 is 0 Å². The Morgan fingerprint density at radius 1 is 1.28 bits per heavy atom. The molecule has 0 aromatic heterocycles. The molecule has 1 amide bonds. The van der Waals surface area contributed by atoms with Crippen LogP contribution in [0.4, 0.5) is 0 Å². The van der Waals surface area contributed by atoms with Crippen molar-refractivity contribution in [2.24, 2.45) is 0 Å². The van der Waals surface area contributed by atoms with Gasteiger partial charge in [0.1, 0.15) is 0 Å². The van der Waals surface area contributed by atoms with Crippen LogP contribution in [0.25, 0.3) is 0 Å². The summed E-state index contributed by atoms with van der Waals surface area (Å²) in [4.78, 5) is 14.5. The van der Waals surface area contributed by atoms with Gasteiger partial charge in [0.15, 0.2) is 0 Å². The zero-order valence-corrected chi connectivity index (χ0v) is 11.6. The molecule has 0 spiro atoms. The van der Waals surface area contributed by atoms with Crippen molar-refractivity contribution in [3.05, 3.63) is 0 Å². The fourth-order valence-corrected chi connectivity index (χ4v) is 2.99. The van der Waals surface area contributed by atoms with Crippen LogP contribution in [0.3, 0.4) is 0 Å². The lowest BCUT2D eigenvalue weighted by molar-refractivity contribution is -0.124. The van der Waals surface area contributed by atoms with Gasteiger partial charge in [-0.1, -0.05) is 12.8 Å². The number of piperidine rings is 2. The molecule has 4 nitrogen and oxygen atoms in total. The van der Waals surface area contributed by atoms with Crippen LogP contribution in [0.1, 0.15) is 45.4 Å². The van der Waals surface area contributed by atoms with Crippen LogP contribution in [-0.2, 0) is 4.79 Å². The van der Waals surface area contributed by atoms with Crippen molar-refractivity contribution in [3.63, 3.8) is 0 Å². The fraction of sp³-hybridized carbons (Fsp3) is 0.929. The highest BCUT2D eigenvalue weighted by Crippen LogP contribution is 2.10. The molecule has 2 atom stereocenters. The molecule has 2 aliphatic rings. The molecule has 0 saturated carbocycles. The number of rotatable bonds is 4. The van der Waals surface area contributed by atoms with Crippen LogP contribution in [0.5, 0.6) is 0 Å². The van der Waals surface area contributed by atoms with Crippen molar-refractivity contribution in [2.45, 2.75) is 57.5 Å². The average molecular weight is 253 g/mol. The Balaban J connectivity index is 1.68. The third-order valence-electron chi connectivity index (χ3n) is 4.00. The summed E-state index contributed by atoms with van der Waals surface area (Å²) in [5, 5.41) is 6.46. The zero-order chi connectivity index (χ0) is 12.8. The van der Waals surface area contributed by atoms with Crippen molar-refractivity contribution in [1.29, 1.82) is 0 Å². The van der Waals surface area contributed by atoms with Gasteiger partial charge >= 0.3 is 0 Å². The second kappa shape index (κ2) is 7.10. The molecule has 2 aliphatic heterocycles. The molecule has 0 radical (unpaired) electrons. The number of hydrogen-bond acceptors (Lipinski definition) is 3. The predicted octanol–water partition coefficient (Wildman–Crippen LogP) is 1.12. The Morgan fingerprint density at radius 2 is 2.06 bits per heavy atom. The summed E-state index contributed by atoms with van der Waals surface area (Å²) in [6.45, 7) is 6.50. The Bertz CT molecular complexity index is 258. The van der Waals surface area contributed by atoms with Crippen LogP contribution < -0.4 is 10.6 Å². The van der Waals surface area contributed by atoms with E-state index < -0.39 is 0 Å². The molecule has 18 heavy (non-hydrogen) atoms. The molecule has 0 aliphatic carbocycles. The van der Waals surface area contributed by atoms with Crippen molar-refractivity contribution in [2.75, 3.05) is 26.2 Å². The standard InChI is InChI=1S/C14H27N3O/c1-12(11-17-9-5-2-6-10-17)16-14(18)13-7-3-4-8-15-13/h12-13,15H,2-11H2,1H3,(H,16,18)/t12?,13-/m1/s1. The molecule has 0 aromatic rings. The van der Waals surface area contributed by atoms with Gasteiger partial charge in [-0.05, 0) is 52.2 Å². The van der Waals surface area contributed by atoms with E-state index in [9.17, 15) is 4.79 Å². The van der Waals surface area contributed by atoms with Crippen LogP contribution in [0.2, 0.25) is 0 Å². The Hall–Kier alpha value is -0.610. The van der Waals surface area contributed by atoms with E-state index in [2.05, 4.69) is 22.5 Å². The lowest BCUT2D eigenvalue weighted by atomic mass is 10.0. The summed E-state index contributed by atoms with van der Waals surface area (Å²) in [6, 6.07) is 0.307. The summed E-state index contributed by atoms with van der Waals surface area (Å²) in [7, 11) is 0. The quantitative estimate of drug-likeness (QED) is 0.789. The smallest absolute Gasteiger partial charge is 0.237 e.